The van der Waals surface area contributed by atoms with E-state index in [1.165, 1.54) is 19.2 Å². The molecule has 0 aromatic heterocycles. The number of nitrogens with two attached hydrogens (primary N) is 1. The summed E-state index contributed by atoms with van der Waals surface area (Å²) in [6.45, 7) is 0. The van der Waals surface area contributed by atoms with Crippen LogP contribution < -0.4 is 11.1 Å². The van der Waals surface area contributed by atoms with Gasteiger partial charge in [0.15, 0.2) is 0 Å². The lowest BCUT2D eigenvalue weighted by Gasteiger charge is -2.16. The Hall–Kier alpha value is -1.62. The first kappa shape index (κ1) is 12.8. The number of anilines is 1. The minimum absolute atomic E-state index is 0.199. The van der Waals surface area contributed by atoms with Crippen LogP contribution in [0.2, 0.25) is 0 Å². The highest BCUT2D eigenvalue weighted by Crippen LogP contribution is 2.25. The van der Waals surface area contributed by atoms with Crippen LogP contribution in [-0.2, 0) is 4.74 Å². The number of esters is 1. The van der Waals surface area contributed by atoms with E-state index in [9.17, 15) is 9.18 Å². The predicted octanol–water partition coefficient (Wildman–Crippen LogP) is 1.90. The molecule has 1 saturated carbocycles. The Morgan fingerprint density at radius 1 is 1.50 bits per heavy atom. The van der Waals surface area contributed by atoms with Crippen molar-refractivity contribution in [2.24, 2.45) is 5.73 Å². The zero-order chi connectivity index (χ0) is 13.1. The molecule has 0 bridgehead atoms. The van der Waals surface area contributed by atoms with Gasteiger partial charge in [-0.05, 0) is 37.5 Å². The highest BCUT2D eigenvalue weighted by molar-refractivity contribution is 5.95. The Kier molecular flexibility index (Phi) is 3.81. The highest BCUT2D eigenvalue weighted by Gasteiger charge is 2.23. The van der Waals surface area contributed by atoms with Gasteiger partial charge in [0.2, 0.25) is 0 Å². The second-order valence-corrected chi connectivity index (χ2v) is 4.60. The fourth-order valence-electron chi connectivity index (χ4n) is 2.29. The van der Waals surface area contributed by atoms with E-state index >= 15 is 0 Å². The number of ether oxygens (including phenoxy) is 1. The summed E-state index contributed by atoms with van der Waals surface area (Å²) in [6.07, 6.45) is 2.78. The Morgan fingerprint density at radius 3 is 2.89 bits per heavy atom. The van der Waals surface area contributed by atoms with Crippen LogP contribution in [0.3, 0.4) is 0 Å². The Bertz CT molecular complexity index is 451. The number of hydrogen-bond acceptors (Lipinski definition) is 4. The summed E-state index contributed by atoms with van der Waals surface area (Å²) in [4.78, 5) is 11.6. The van der Waals surface area contributed by atoms with Crippen molar-refractivity contribution in [2.75, 3.05) is 12.4 Å². The molecular formula is C13H17FN2O2. The van der Waals surface area contributed by atoms with Crippen molar-refractivity contribution in [3.05, 3.63) is 29.6 Å². The second kappa shape index (κ2) is 5.35. The molecule has 1 aliphatic carbocycles. The average Bonchev–Trinajstić information content (AvgIpc) is 2.76. The van der Waals surface area contributed by atoms with Crippen LogP contribution >= 0.6 is 0 Å². The fourth-order valence-corrected chi connectivity index (χ4v) is 2.29. The molecule has 18 heavy (non-hydrogen) atoms. The van der Waals surface area contributed by atoms with Crippen molar-refractivity contribution in [1.29, 1.82) is 0 Å². The number of hydrogen-bond donors (Lipinski definition) is 2. The van der Waals surface area contributed by atoms with E-state index in [2.05, 4.69) is 10.1 Å². The molecule has 2 rings (SSSR count). The van der Waals surface area contributed by atoms with Crippen molar-refractivity contribution in [2.45, 2.75) is 31.3 Å². The third-order valence-corrected chi connectivity index (χ3v) is 3.22. The number of carbonyl (C=O) groups is 1. The molecule has 0 aliphatic heterocycles. The van der Waals surface area contributed by atoms with Crippen LogP contribution in [0.1, 0.15) is 29.6 Å². The van der Waals surface area contributed by atoms with Gasteiger partial charge in [-0.15, -0.1) is 0 Å². The van der Waals surface area contributed by atoms with Crippen molar-refractivity contribution in [3.63, 3.8) is 0 Å². The van der Waals surface area contributed by atoms with Crippen LogP contribution in [-0.4, -0.2) is 25.2 Å². The summed E-state index contributed by atoms with van der Waals surface area (Å²) in [5.74, 6) is -0.997. The molecule has 98 valence electrons. The van der Waals surface area contributed by atoms with Crippen LogP contribution in [0.4, 0.5) is 10.1 Å². The maximum Gasteiger partial charge on any atom is 0.340 e. The maximum atomic E-state index is 13.2. The van der Waals surface area contributed by atoms with Crippen LogP contribution in [0.25, 0.3) is 0 Å². The van der Waals surface area contributed by atoms with Gasteiger partial charge >= 0.3 is 5.97 Å². The molecule has 4 nitrogen and oxygen atoms in total. The number of carbonyl (C=O) groups excluding carboxylic acids is 1. The maximum absolute atomic E-state index is 13.2. The molecule has 0 heterocycles. The molecule has 0 spiro atoms. The topological polar surface area (TPSA) is 64.3 Å². The van der Waals surface area contributed by atoms with Gasteiger partial charge in [0.05, 0.1) is 12.7 Å². The van der Waals surface area contributed by atoms with Gasteiger partial charge in [0.25, 0.3) is 0 Å². The van der Waals surface area contributed by atoms with E-state index in [1.54, 1.807) is 6.07 Å². The average molecular weight is 252 g/mol. The summed E-state index contributed by atoms with van der Waals surface area (Å²) >= 11 is 0. The quantitative estimate of drug-likeness (QED) is 0.806. The largest absolute Gasteiger partial charge is 0.465 e. The molecule has 1 aliphatic rings. The molecule has 2 atom stereocenters. The lowest BCUT2D eigenvalue weighted by molar-refractivity contribution is 0.0601. The summed E-state index contributed by atoms with van der Waals surface area (Å²) in [5.41, 5.74) is 6.66. The summed E-state index contributed by atoms with van der Waals surface area (Å²) < 4.78 is 17.8. The van der Waals surface area contributed by atoms with Crippen molar-refractivity contribution >= 4 is 11.7 Å². The number of benzene rings is 1. The summed E-state index contributed by atoms with van der Waals surface area (Å²) in [6, 6.07) is 4.50. The second-order valence-electron chi connectivity index (χ2n) is 4.60. The van der Waals surface area contributed by atoms with Crippen molar-refractivity contribution < 1.29 is 13.9 Å². The third-order valence-electron chi connectivity index (χ3n) is 3.22. The first-order valence-electron chi connectivity index (χ1n) is 6.00. The monoisotopic (exact) mass is 252 g/mol. The van der Waals surface area contributed by atoms with E-state index in [0.717, 1.165) is 19.3 Å². The first-order valence-corrected chi connectivity index (χ1v) is 6.00. The van der Waals surface area contributed by atoms with Crippen LogP contribution in [0.15, 0.2) is 18.2 Å². The van der Waals surface area contributed by atoms with Crippen LogP contribution in [0, 0.1) is 5.82 Å². The van der Waals surface area contributed by atoms with Gasteiger partial charge in [0, 0.05) is 17.8 Å². The molecule has 0 saturated heterocycles. The van der Waals surface area contributed by atoms with Gasteiger partial charge in [-0.1, -0.05) is 0 Å². The number of halogens is 1. The summed E-state index contributed by atoms with van der Waals surface area (Å²) in [7, 11) is 1.28. The molecule has 1 aromatic rings. The SMILES string of the molecule is COC(=O)c1cc(F)ccc1NC1CCC(N)C1. The van der Waals surface area contributed by atoms with Gasteiger partial charge < -0.3 is 15.8 Å². The molecule has 1 fully saturated rings. The predicted molar refractivity (Wildman–Crippen MR) is 67.0 cm³/mol. The summed E-state index contributed by atoms with van der Waals surface area (Å²) in [5, 5.41) is 3.23. The van der Waals surface area contributed by atoms with E-state index < -0.39 is 11.8 Å². The smallest absolute Gasteiger partial charge is 0.340 e. The Labute approximate surface area is 105 Å². The number of methoxy groups -OCH3 is 1. The minimum Gasteiger partial charge on any atom is -0.465 e. The number of nitrogens with one attached hydrogen (secondary N) is 1. The van der Waals surface area contributed by atoms with Gasteiger partial charge in [0.1, 0.15) is 5.82 Å². The standard InChI is InChI=1S/C13H17FN2O2/c1-18-13(17)11-6-8(14)2-5-12(11)16-10-4-3-9(15)7-10/h2,5-6,9-10,16H,3-4,7,15H2,1H3. The molecule has 3 N–H and O–H groups in total. The third kappa shape index (κ3) is 2.79. The normalized spacial score (nSPS) is 22.8. The lowest BCUT2D eigenvalue weighted by atomic mass is 10.1. The van der Waals surface area contributed by atoms with E-state index in [0.29, 0.717) is 5.69 Å². The Balaban J connectivity index is 2.18. The van der Waals surface area contributed by atoms with Crippen molar-refractivity contribution in [3.8, 4) is 0 Å². The molecule has 0 radical (unpaired) electrons. The molecule has 2 unspecified atom stereocenters. The van der Waals surface area contributed by atoms with E-state index in [4.69, 9.17) is 5.73 Å². The molecule has 0 amide bonds. The fraction of sp³-hybridized carbons (Fsp3) is 0.462. The zero-order valence-corrected chi connectivity index (χ0v) is 10.3. The van der Waals surface area contributed by atoms with Gasteiger partial charge in [-0.25, -0.2) is 9.18 Å². The lowest BCUT2D eigenvalue weighted by Crippen LogP contribution is -2.22. The van der Waals surface area contributed by atoms with Gasteiger partial charge in [-0.3, -0.25) is 0 Å². The zero-order valence-electron chi connectivity index (χ0n) is 10.3. The first-order chi connectivity index (χ1) is 8.60. The van der Waals surface area contributed by atoms with Crippen LogP contribution in [0.5, 0.6) is 0 Å². The number of rotatable bonds is 3. The Morgan fingerprint density at radius 2 is 2.28 bits per heavy atom. The van der Waals surface area contributed by atoms with Crippen molar-refractivity contribution in [1.82, 2.24) is 0 Å². The van der Waals surface area contributed by atoms with Gasteiger partial charge in [-0.2, -0.15) is 0 Å². The molecule has 5 heteroatoms. The highest BCUT2D eigenvalue weighted by atomic mass is 19.1. The molecular weight excluding hydrogens is 235 g/mol. The molecule has 1 aromatic carbocycles. The van der Waals surface area contributed by atoms with E-state index in [1.807, 2.05) is 0 Å². The van der Waals surface area contributed by atoms with E-state index in [-0.39, 0.29) is 17.6 Å². The minimum atomic E-state index is -0.542.